The zero-order valence-electron chi connectivity index (χ0n) is 11.7. The van der Waals surface area contributed by atoms with Crippen molar-refractivity contribution < 1.29 is 14.7 Å². The minimum absolute atomic E-state index is 0.104. The molecule has 0 bridgehead atoms. The number of aliphatic carboxylic acids is 1. The Morgan fingerprint density at radius 3 is 2.60 bits per heavy atom. The minimum Gasteiger partial charge on any atom is -0.477 e. The van der Waals surface area contributed by atoms with Gasteiger partial charge >= 0.3 is 5.97 Å². The molecule has 1 heterocycles. The summed E-state index contributed by atoms with van der Waals surface area (Å²) < 4.78 is 0. The quantitative estimate of drug-likeness (QED) is 0.423. The molecule has 5 nitrogen and oxygen atoms in total. The smallest absolute Gasteiger partial charge is 0.349 e. The average Bonchev–Trinajstić information content (AvgIpc) is 2.76. The first-order valence-corrected chi connectivity index (χ1v) is 7.91. The lowest BCUT2D eigenvalue weighted by Gasteiger charge is -2.17. The summed E-state index contributed by atoms with van der Waals surface area (Å²) in [6.07, 6.45) is 6.61. The molecule has 0 radical (unpaired) electrons. The van der Waals surface area contributed by atoms with Crippen LogP contribution in [0.1, 0.15) is 45.4 Å². The van der Waals surface area contributed by atoms with Gasteiger partial charge in [-0.15, -0.1) is 0 Å². The van der Waals surface area contributed by atoms with E-state index in [9.17, 15) is 9.59 Å². The predicted molar refractivity (Wildman–Crippen MR) is 77.8 cm³/mol. The Hall–Kier alpha value is -1.48. The molecule has 6 heteroatoms. The number of nitriles is 1. The van der Waals surface area contributed by atoms with Gasteiger partial charge in [0.05, 0.1) is 5.75 Å². The second kappa shape index (κ2) is 8.64. The van der Waals surface area contributed by atoms with Gasteiger partial charge in [0.1, 0.15) is 11.1 Å². The Balaban J connectivity index is 2.55. The fourth-order valence-corrected chi connectivity index (χ4v) is 3.11. The number of carbonyl (C=O) groups is 2. The molecular weight excluding hydrogens is 276 g/mol. The molecule has 1 aliphatic heterocycles. The lowest BCUT2D eigenvalue weighted by molar-refractivity contribution is -0.132. The van der Waals surface area contributed by atoms with E-state index in [0.717, 1.165) is 31.0 Å². The molecule has 0 atom stereocenters. The summed E-state index contributed by atoms with van der Waals surface area (Å²) in [4.78, 5) is 24.2. The van der Waals surface area contributed by atoms with Crippen LogP contribution in [0.5, 0.6) is 0 Å². The van der Waals surface area contributed by atoms with E-state index in [1.54, 1.807) is 6.07 Å². The van der Waals surface area contributed by atoms with Crippen LogP contribution in [0.15, 0.2) is 10.6 Å². The van der Waals surface area contributed by atoms with E-state index in [0.29, 0.717) is 11.6 Å². The number of carboxylic acids is 1. The molecule has 0 aliphatic carbocycles. The molecule has 1 amide bonds. The molecular formula is C14H20N2O3S. The number of carbonyl (C=O) groups excluding carboxylic acids is 1. The van der Waals surface area contributed by atoms with Crippen LogP contribution in [-0.4, -0.2) is 34.2 Å². The Labute approximate surface area is 123 Å². The van der Waals surface area contributed by atoms with Crippen molar-refractivity contribution in [2.75, 3.05) is 12.3 Å². The van der Waals surface area contributed by atoms with Gasteiger partial charge in [-0.3, -0.25) is 4.79 Å². The Bertz CT molecular complexity index is 440. The molecule has 1 saturated heterocycles. The Morgan fingerprint density at radius 1 is 1.35 bits per heavy atom. The molecule has 1 fully saturated rings. The van der Waals surface area contributed by atoms with Gasteiger partial charge in [0.15, 0.2) is 5.57 Å². The molecule has 0 spiro atoms. The maximum Gasteiger partial charge on any atom is 0.349 e. The highest BCUT2D eigenvalue weighted by atomic mass is 32.2. The fourth-order valence-electron chi connectivity index (χ4n) is 2.07. The average molecular weight is 296 g/mol. The number of nitrogens with zero attached hydrogens (tertiary/aromatic N) is 2. The third-order valence-electron chi connectivity index (χ3n) is 3.15. The monoisotopic (exact) mass is 296 g/mol. The number of unbranched alkanes of at least 4 members (excludes halogenated alkanes) is 5. The van der Waals surface area contributed by atoms with Gasteiger partial charge in [0.25, 0.3) is 0 Å². The summed E-state index contributed by atoms with van der Waals surface area (Å²) in [5, 5.41) is 18.2. The molecule has 0 aromatic carbocycles. The summed E-state index contributed by atoms with van der Waals surface area (Å²) in [5.41, 5.74) is -0.327. The molecule has 1 aliphatic rings. The van der Waals surface area contributed by atoms with Crippen molar-refractivity contribution in [3.05, 3.63) is 10.6 Å². The van der Waals surface area contributed by atoms with Crippen molar-refractivity contribution in [3.8, 4) is 6.07 Å². The largest absolute Gasteiger partial charge is 0.477 e. The van der Waals surface area contributed by atoms with Crippen LogP contribution in [-0.2, 0) is 9.59 Å². The van der Waals surface area contributed by atoms with Crippen molar-refractivity contribution in [1.82, 2.24) is 4.90 Å². The van der Waals surface area contributed by atoms with Crippen LogP contribution < -0.4 is 0 Å². The van der Waals surface area contributed by atoms with Gasteiger partial charge < -0.3 is 10.0 Å². The number of rotatable bonds is 8. The molecule has 0 unspecified atom stereocenters. The highest BCUT2D eigenvalue weighted by Gasteiger charge is 2.31. The summed E-state index contributed by atoms with van der Waals surface area (Å²) in [5.74, 6) is -1.14. The van der Waals surface area contributed by atoms with Crippen LogP contribution in [0, 0.1) is 11.3 Å². The van der Waals surface area contributed by atoms with E-state index in [-0.39, 0.29) is 17.2 Å². The second-order valence-corrected chi connectivity index (χ2v) is 5.66. The molecule has 0 aromatic rings. The predicted octanol–water partition coefficient (Wildman–Crippen LogP) is 2.74. The van der Waals surface area contributed by atoms with Crippen LogP contribution in [0.2, 0.25) is 0 Å². The van der Waals surface area contributed by atoms with Gasteiger partial charge in [-0.1, -0.05) is 50.8 Å². The maximum absolute atomic E-state index is 11.8. The first kappa shape index (κ1) is 16.6. The van der Waals surface area contributed by atoms with Crippen LogP contribution in [0.3, 0.4) is 0 Å². The van der Waals surface area contributed by atoms with Gasteiger partial charge in [-0.25, -0.2) is 4.79 Å². The number of hydrogen-bond acceptors (Lipinski definition) is 4. The van der Waals surface area contributed by atoms with Crippen LogP contribution in [0.25, 0.3) is 0 Å². The second-order valence-electron chi connectivity index (χ2n) is 4.70. The van der Waals surface area contributed by atoms with Crippen molar-refractivity contribution >= 4 is 23.6 Å². The molecule has 1 N–H and O–H groups in total. The molecule has 1 rings (SSSR count). The maximum atomic E-state index is 11.8. The lowest BCUT2D eigenvalue weighted by Crippen LogP contribution is -2.27. The van der Waals surface area contributed by atoms with Crippen LogP contribution >= 0.6 is 11.8 Å². The molecule has 0 saturated carbocycles. The molecule has 0 aromatic heterocycles. The summed E-state index contributed by atoms with van der Waals surface area (Å²) in [6.45, 7) is 2.66. The van der Waals surface area contributed by atoms with E-state index in [1.807, 2.05) is 0 Å². The highest BCUT2D eigenvalue weighted by Crippen LogP contribution is 2.32. The number of hydrogen-bond donors (Lipinski definition) is 1. The first-order valence-electron chi connectivity index (χ1n) is 6.92. The van der Waals surface area contributed by atoms with Crippen molar-refractivity contribution in [3.63, 3.8) is 0 Å². The number of carboxylic acid groups (broad SMARTS) is 1. The van der Waals surface area contributed by atoms with E-state index < -0.39 is 5.97 Å². The van der Waals surface area contributed by atoms with E-state index in [1.165, 1.54) is 24.2 Å². The standard InChI is InChI=1S/C14H20N2O3S/c1-2-3-4-5-6-7-8-16-12(17)10-20-13(16)11(9-15)14(18)19/h2-8,10H2,1H3,(H,18,19)/b13-11+. The zero-order valence-corrected chi connectivity index (χ0v) is 12.5. The minimum atomic E-state index is -1.27. The van der Waals surface area contributed by atoms with Gasteiger partial charge in [0, 0.05) is 6.54 Å². The van der Waals surface area contributed by atoms with Crippen molar-refractivity contribution in [1.29, 1.82) is 5.26 Å². The highest BCUT2D eigenvalue weighted by molar-refractivity contribution is 8.04. The first-order chi connectivity index (χ1) is 9.61. The number of thioether (sulfide) groups is 1. The summed E-state index contributed by atoms with van der Waals surface area (Å²) in [6, 6.07) is 1.68. The fraction of sp³-hybridized carbons (Fsp3) is 0.643. The topological polar surface area (TPSA) is 81.4 Å². The summed E-state index contributed by atoms with van der Waals surface area (Å²) >= 11 is 1.14. The molecule has 20 heavy (non-hydrogen) atoms. The Morgan fingerprint density at radius 2 is 2.00 bits per heavy atom. The van der Waals surface area contributed by atoms with Gasteiger partial charge in [-0.2, -0.15) is 5.26 Å². The number of amides is 1. The summed E-state index contributed by atoms with van der Waals surface area (Å²) in [7, 11) is 0. The third kappa shape index (κ3) is 4.57. The lowest BCUT2D eigenvalue weighted by atomic mass is 10.1. The van der Waals surface area contributed by atoms with E-state index >= 15 is 0 Å². The van der Waals surface area contributed by atoms with E-state index in [2.05, 4.69) is 6.92 Å². The van der Waals surface area contributed by atoms with Gasteiger partial charge in [-0.05, 0) is 6.42 Å². The van der Waals surface area contributed by atoms with Crippen molar-refractivity contribution in [2.45, 2.75) is 45.4 Å². The Kier molecular flexibility index (Phi) is 7.16. The molecule has 110 valence electrons. The zero-order chi connectivity index (χ0) is 15.0. The SMILES string of the molecule is CCCCCCCCN1C(=O)CS/C1=C(\C#N)C(=O)O. The van der Waals surface area contributed by atoms with Crippen LogP contribution in [0.4, 0.5) is 0 Å². The van der Waals surface area contributed by atoms with Gasteiger partial charge in [0.2, 0.25) is 5.91 Å². The van der Waals surface area contributed by atoms with Crippen molar-refractivity contribution in [2.24, 2.45) is 0 Å². The van der Waals surface area contributed by atoms with E-state index in [4.69, 9.17) is 10.4 Å². The third-order valence-corrected chi connectivity index (χ3v) is 4.24. The normalized spacial score (nSPS) is 17.2.